The van der Waals surface area contributed by atoms with E-state index in [9.17, 15) is 12.8 Å². The Balaban J connectivity index is 1.76. The number of sulfonamides is 1. The minimum Gasteiger partial charge on any atom is -0.316 e. The number of benzene rings is 1. The van der Waals surface area contributed by atoms with Crippen LogP contribution in [0, 0.1) is 17.2 Å². The zero-order chi connectivity index (χ0) is 15.1. The van der Waals surface area contributed by atoms with Crippen LogP contribution >= 0.6 is 0 Å². The second-order valence-electron chi connectivity index (χ2n) is 6.26. The normalized spacial score (nSPS) is 20.5. The predicted molar refractivity (Wildman–Crippen MR) is 78.7 cm³/mol. The Morgan fingerprint density at radius 2 is 2.05 bits per heavy atom. The van der Waals surface area contributed by atoms with Crippen LogP contribution in [-0.4, -0.2) is 22.0 Å². The molecule has 0 amide bonds. The van der Waals surface area contributed by atoms with Crippen LogP contribution in [0.5, 0.6) is 0 Å². The van der Waals surface area contributed by atoms with Gasteiger partial charge in [0.25, 0.3) is 0 Å². The molecule has 0 aromatic heterocycles. The highest BCUT2D eigenvalue weighted by Crippen LogP contribution is 2.60. The van der Waals surface area contributed by atoms with E-state index >= 15 is 0 Å². The van der Waals surface area contributed by atoms with Crippen molar-refractivity contribution in [2.45, 2.75) is 37.1 Å². The molecule has 2 aliphatic rings. The van der Waals surface area contributed by atoms with Gasteiger partial charge in [-0.05, 0) is 61.8 Å². The van der Waals surface area contributed by atoms with Crippen molar-refractivity contribution in [3.8, 4) is 0 Å². The summed E-state index contributed by atoms with van der Waals surface area (Å²) in [6.45, 7) is 0.949. The summed E-state index contributed by atoms with van der Waals surface area (Å²) in [5.41, 5.74) is 0.911. The molecule has 6 heteroatoms. The maximum Gasteiger partial charge on any atom is 0.243 e. The maximum atomic E-state index is 13.9. The fraction of sp³-hybridized carbons (Fsp3) is 0.600. The van der Waals surface area contributed by atoms with Crippen LogP contribution in [0.1, 0.15) is 31.2 Å². The Labute approximate surface area is 125 Å². The number of nitrogens with one attached hydrogen (secondary N) is 2. The molecular formula is C15H21FN2O2S. The van der Waals surface area contributed by atoms with Crippen LogP contribution in [0.15, 0.2) is 23.1 Å². The first-order valence-electron chi connectivity index (χ1n) is 7.40. The topological polar surface area (TPSA) is 58.2 Å². The maximum absolute atomic E-state index is 13.9. The summed E-state index contributed by atoms with van der Waals surface area (Å²) in [5, 5.41) is 2.93. The first-order chi connectivity index (χ1) is 9.97. The van der Waals surface area contributed by atoms with E-state index in [0.29, 0.717) is 19.0 Å². The molecule has 1 aromatic rings. The Hall–Kier alpha value is -0.980. The van der Waals surface area contributed by atoms with E-state index in [1.54, 1.807) is 13.1 Å². The highest BCUT2D eigenvalue weighted by atomic mass is 32.2. The van der Waals surface area contributed by atoms with Gasteiger partial charge in [0.2, 0.25) is 10.0 Å². The summed E-state index contributed by atoms with van der Waals surface area (Å²) in [5.74, 6) is -0.0284. The van der Waals surface area contributed by atoms with Gasteiger partial charge in [-0.15, -0.1) is 0 Å². The number of rotatable bonds is 7. The molecule has 0 heterocycles. The highest BCUT2D eigenvalue weighted by molar-refractivity contribution is 7.89. The second kappa shape index (κ2) is 5.34. The van der Waals surface area contributed by atoms with Gasteiger partial charge >= 0.3 is 0 Å². The quantitative estimate of drug-likeness (QED) is 0.810. The molecule has 2 saturated carbocycles. The van der Waals surface area contributed by atoms with Gasteiger partial charge in [0.1, 0.15) is 10.7 Å². The van der Waals surface area contributed by atoms with Gasteiger partial charge in [0.05, 0.1) is 0 Å². The molecular weight excluding hydrogens is 291 g/mol. The van der Waals surface area contributed by atoms with E-state index in [1.165, 1.54) is 25.0 Å². The second-order valence-corrected chi connectivity index (χ2v) is 7.99. The van der Waals surface area contributed by atoms with Crippen LogP contribution in [0.25, 0.3) is 0 Å². The molecule has 2 fully saturated rings. The fourth-order valence-corrected chi connectivity index (χ4v) is 4.23. The van der Waals surface area contributed by atoms with Crippen molar-refractivity contribution < 1.29 is 12.8 Å². The minimum absolute atomic E-state index is 0.159. The summed E-state index contributed by atoms with van der Waals surface area (Å²) < 4.78 is 41.2. The largest absolute Gasteiger partial charge is 0.316 e. The number of hydrogen-bond acceptors (Lipinski definition) is 3. The van der Waals surface area contributed by atoms with Crippen molar-refractivity contribution >= 4 is 10.0 Å². The van der Waals surface area contributed by atoms with Crippen LogP contribution in [0.4, 0.5) is 4.39 Å². The van der Waals surface area contributed by atoms with Gasteiger partial charge < -0.3 is 5.32 Å². The molecule has 4 nitrogen and oxygen atoms in total. The predicted octanol–water partition coefficient (Wildman–Crippen LogP) is 2.01. The van der Waals surface area contributed by atoms with Crippen molar-refractivity contribution in [3.05, 3.63) is 29.6 Å². The van der Waals surface area contributed by atoms with Crippen LogP contribution < -0.4 is 10.0 Å². The van der Waals surface area contributed by atoms with Gasteiger partial charge in [0.15, 0.2) is 0 Å². The molecule has 0 saturated heterocycles. The molecule has 0 bridgehead atoms. The van der Waals surface area contributed by atoms with Crippen molar-refractivity contribution in [1.82, 2.24) is 10.0 Å². The molecule has 2 aliphatic carbocycles. The highest BCUT2D eigenvalue weighted by Gasteiger charge is 2.53. The molecule has 0 unspecified atom stereocenters. The third-order valence-electron chi connectivity index (χ3n) is 4.62. The third kappa shape index (κ3) is 3.12. The zero-order valence-electron chi connectivity index (χ0n) is 12.2. The monoisotopic (exact) mass is 312 g/mol. The number of halogens is 1. The Bertz CT molecular complexity index is 637. The van der Waals surface area contributed by atoms with Gasteiger partial charge in [0, 0.05) is 13.1 Å². The lowest BCUT2D eigenvalue weighted by molar-refractivity contribution is 0.431. The van der Waals surface area contributed by atoms with E-state index in [0.717, 1.165) is 18.4 Å². The van der Waals surface area contributed by atoms with Crippen molar-refractivity contribution in [2.75, 3.05) is 13.6 Å². The van der Waals surface area contributed by atoms with Gasteiger partial charge in [-0.25, -0.2) is 17.5 Å². The average molecular weight is 312 g/mol. The van der Waals surface area contributed by atoms with E-state index in [-0.39, 0.29) is 10.3 Å². The SMILES string of the molecule is CNCc1ccc(F)c(S(=O)(=O)NCC2(C3CC3)CC2)c1. The molecule has 0 atom stereocenters. The number of hydrogen-bond donors (Lipinski definition) is 2. The fourth-order valence-electron chi connectivity index (χ4n) is 2.97. The van der Waals surface area contributed by atoms with Gasteiger partial charge in [-0.2, -0.15) is 0 Å². The Morgan fingerprint density at radius 3 is 2.62 bits per heavy atom. The van der Waals surface area contributed by atoms with Gasteiger partial charge in [-0.3, -0.25) is 0 Å². The van der Waals surface area contributed by atoms with Crippen molar-refractivity contribution in [2.24, 2.45) is 11.3 Å². The zero-order valence-corrected chi connectivity index (χ0v) is 13.0. The molecule has 2 N–H and O–H groups in total. The van der Waals surface area contributed by atoms with E-state index < -0.39 is 15.8 Å². The van der Waals surface area contributed by atoms with Crippen LogP contribution in [0.2, 0.25) is 0 Å². The third-order valence-corrected chi connectivity index (χ3v) is 6.03. The van der Waals surface area contributed by atoms with Crippen LogP contribution in [-0.2, 0) is 16.6 Å². The van der Waals surface area contributed by atoms with E-state index in [2.05, 4.69) is 10.0 Å². The average Bonchev–Trinajstić information content (AvgIpc) is 3.31. The molecule has 116 valence electrons. The standard InChI is InChI=1S/C15H21FN2O2S/c1-17-9-11-2-5-13(16)14(8-11)21(19,20)18-10-15(6-7-15)12-3-4-12/h2,5,8,12,17-18H,3-4,6-7,9-10H2,1H3. The smallest absolute Gasteiger partial charge is 0.243 e. The summed E-state index contributed by atoms with van der Waals surface area (Å²) in [6.07, 6.45) is 4.58. The first-order valence-corrected chi connectivity index (χ1v) is 8.88. The summed E-state index contributed by atoms with van der Waals surface area (Å²) in [6, 6.07) is 4.22. The van der Waals surface area contributed by atoms with Gasteiger partial charge in [-0.1, -0.05) is 6.07 Å². The minimum atomic E-state index is -3.78. The summed E-state index contributed by atoms with van der Waals surface area (Å²) >= 11 is 0. The lowest BCUT2D eigenvalue weighted by Crippen LogP contribution is -2.32. The Kier molecular flexibility index (Phi) is 3.80. The summed E-state index contributed by atoms with van der Waals surface area (Å²) in [4.78, 5) is -0.248. The molecule has 3 rings (SSSR count). The molecule has 1 aromatic carbocycles. The lowest BCUT2D eigenvalue weighted by Gasteiger charge is -2.16. The molecule has 0 radical (unpaired) electrons. The van der Waals surface area contributed by atoms with Crippen molar-refractivity contribution in [1.29, 1.82) is 0 Å². The first kappa shape index (κ1) is 14.9. The molecule has 0 spiro atoms. The molecule has 21 heavy (non-hydrogen) atoms. The van der Waals surface area contributed by atoms with E-state index in [4.69, 9.17) is 0 Å². The lowest BCUT2D eigenvalue weighted by atomic mass is 10.0. The molecule has 0 aliphatic heterocycles. The Morgan fingerprint density at radius 1 is 1.33 bits per heavy atom. The van der Waals surface area contributed by atoms with E-state index in [1.807, 2.05) is 0 Å². The van der Waals surface area contributed by atoms with Crippen LogP contribution in [0.3, 0.4) is 0 Å². The van der Waals surface area contributed by atoms with Crippen molar-refractivity contribution in [3.63, 3.8) is 0 Å². The summed E-state index contributed by atoms with van der Waals surface area (Å²) in [7, 11) is -2.02.